The highest BCUT2D eigenvalue weighted by Gasteiger charge is 2.21. The molecule has 0 spiro atoms. The topological polar surface area (TPSA) is 49.3 Å². The van der Waals surface area contributed by atoms with E-state index in [1.54, 1.807) is 6.20 Å². The number of carbonyl (C=O) groups excluding carboxylic acids is 1. The Hall–Kier alpha value is -1.79. The quantitative estimate of drug-likeness (QED) is 0.871. The lowest BCUT2D eigenvalue weighted by molar-refractivity contribution is 0.0756. The summed E-state index contributed by atoms with van der Waals surface area (Å²) >= 11 is 1.08. The van der Waals surface area contributed by atoms with Crippen LogP contribution < -0.4 is 0 Å². The molecule has 0 aliphatic carbocycles. The van der Waals surface area contributed by atoms with Gasteiger partial charge in [-0.3, -0.25) is 9.69 Å². The Labute approximate surface area is 134 Å². The molecule has 22 heavy (non-hydrogen) atoms. The highest BCUT2D eigenvalue weighted by Crippen LogP contribution is 2.12. The van der Waals surface area contributed by atoms with Crippen LogP contribution in [0.1, 0.15) is 28.0 Å². The van der Waals surface area contributed by atoms with Crippen LogP contribution in [0.15, 0.2) is 30.5 Å². The minimum atomic E-state index is 0.00550. The van der Waals surface area contributed by atoms with Gasteiger partial charge in [-0.05, 0) is 18.9 Å². The predicted octanol–water partition coefficient (Wildman–Crippen LogP) is 2.19. The molecule has 0 atom stereocenters. The molecule has 1 fully saturated rings. The molecule has 2 heterocycles. The second-order valence-corrected chi connectivity index (χ2v) is 6.26. The Bertz CT molecular complexity index is 612. The summed E-state index contributed by atoms with van der Waals surface area (Å²) in [6.07, 6.45) is 2.55. The van der Waals surface area contributed by atoms with Crippen LogP contribution in [0.5, 0.6) is 0 Å². The van der Waals surface area contributed by atoms with Crippen molar-refractivity contribution in [2.45, 2.75) is 19.9 Å². The minimum Gasteiger partial charge on any atom is -0.336 e. The second-order valence-electron chi connectivity index (χ2n) is 5.70. The van der Waals surface area contributed by atoms with Crippen LogP contribution in [0, 0.1) is 6.92 Å². The van der Waals surface area contributed by atoms with E-state index in [9.17, 15) is 4.79 Å². The first-order valence-electron chi connectivity index (χ1n) is 7.57. The number of hydrogen-bond acceptors (Lipinski definition) is 5. The van der Waals surface area contributed by atoms with Crippen LogP contribution in [0.25, 0.3) is 0 Å². The third kappa shape index (κ3) is 3.69. The van der Waals surface area contributed by atoms with E-state index in [2.05, 4.69) is 44.8 Å². The summed E-state index contributed by atoms with van der Waals surface area (Å²) in [5.74, 6) is 0.00550. The highest BCUT2D eigenvalue weighted by atomic mass is 32.1. The first kappa shape index (κ1) is 15.1. The lowest BCUT2D eigenvalue weighted by Gasteiger charge is -2.21. The van der Waals surface area contributed by atoms with Crippen LogP contribution in [0.4, 0.5) is 0 Å². The monoisotopic (exact) mass is 316 g/mol. The van der Waals surface area contributed by atoms with Crippen molar-refractivity contribution in [3.63, 3.8) is 0 Å². The van der Waals surface area contributed by atoms with Gasteiger partial charge in [0.05, 0.1) is 17.9 Å². The molecule has 2 aromatic rings. The molecule has 0 saturated carbocycles. The zero-order valence-corrected chi connectivity index (χ0v) is 13.6. The van der Waals surface area contributed by atoms with E-state index in [-0.39, 0.29) is 5.91 Å². The van der Waals surface area contributed by atoms with E-state index in [0.29, 0.717) is 5.69 Å². The molecule has 1 saturated heterocycles. The SMILES string of the molecule is Cc1ccc(CN2CCCN(C(=O)c3cnsn3)CC2)cc1. The highest BCUT2D eigenvalue weighted by molar-refractivity contribution is 6.99. The Morgan fingerprint density at radius 2 is 2.00 bits per heavy atom. The first-order chi connectivity index (χ1) is 10.7. The van der Waals surface area contributed by atoms with Crippen molar-refractivity contribution in [2.24, 2.45) is 0 Å². The number of amides is 1. The van der Waals surface area contributed by atoms with Crippen LogP contribution in [0.2, 0.25) is 0 Å². The van der Waals surface area contributed by atoms with E-state index < -0.39 is 0 Å². The minimum absolute atomic E-state index is 0.00550. The number of carbonyl (C=O) groups is 1. The van der Waals surface area contributed by atoms with Gasteiger partial charge in [0.15, 0.2) is 5.69 Å². The van der Waals surface area contributed by atoms with Gasteiger partial charge in [-0.2, -0.15) is 8.75 Å². The van der Waals surface area contributed by atoms with E-state index in [0.717, 1.165) is 50.9 Å². The van der Waals surface area contributed by atoms with Gasteiger partial charge >= 0.3 is 0 Å². The van der Waals surface area contributed by atoms with Crippen molar-refractivity contribution in [3.8, 4) is 0 Å². The fourth-order valence-corrected chi connectivity index (χ4v) is 3.11. The first-order valence-corrected chi connectivity index (χ1v) is 8.30. The number of benzene rings is 1. The fourth-order valence-electron chi connectivity index (χ4n) is 2.70. The van der Waals surface area contributed by atoms with Crippen LogP contribution in [-0.4, -0.2) is 50.6 Å². The number of aromatic nitrogens is 2. The van der Waals surface area contributed by atoms with E-state index in [4.69, 9.17) is 0 Å². The van der Waals surface area contributed by atoms with Gasteiger partial charge in [0.2, 0.25) is 0 Å². The van der Waals surface area contributed by atoms with E-state index in [1.807, 2.05) is 4.90 Å². The average Bonchev–Trinajstić information content (AvgIpc) is 2.96. The molecule has 6 heteroatoms. The molecular weight excluding hydrogens is 296 g/mol. The molecule has 0 bridgehead atoms. The normalized spacial score (nSPS) is 16.5. The van der Waals surface area contributed by atoms with Crippen molar-refractivity contribution < 1.29 is 4.79 Å². The van der Waals surface area contributed by atoms with E-state index >= 15 is 0 Å². The summed E-state index contributed by atoms with van der Waals surface area (Å²) in [7, 11) is 0. The molecule has 1 aliphatic heterocycles. The predicted molar refractivity (Wildman–Crippen MR) is 86.9 cm³/mol. The summed E-state index contributed by atoms with van der Waals surface area (Å²) in [6, 6.07) is 8.67. The lowest BCUT2D eigenvalue weighted by atomic mass is 10.1. The summed E-state index contributed by atoms with van der Waals surface area (Å²) in [5.41, 5.74) is 3.08. The van der Waals surface area contributed by atoms with Gasteiger partial charge in [-0.25, -0.2) is 0 Å². The van der Waals surface area contributed by atoms with Gasteiger partial charge in [0.25, 0.3) is 5.91 Å². The Morgan fingerprint density at radius 3 is 2.73 bits per heavy atom. The van der Waals surface area contributed by atoms with Crippen molar-refractivity contribution in [3.05, 3.63) is 47.3 Å². The number of rotatable bonds is 3. The maximum absolute atomic E-state index is 12.3. The standard InChI is InChI=1S/C16H20N4OS/c1-13-3-5-14(6-4-13)12-19-7-2-8-20(10-9-19)16(21)15-11-17-22-18-15/h3-6,11H,2,7-10,12H2,1H3. The molecule has 1 aromatic carbocycles. The molecule has 0 unspecified atom stereocenters. The maximum atomic E-state index is 12.3. The Morgan fingerprint density at radius 1 is 1.18 bits per heavy atom. The smallest absolute Gasteiger partial charge is 0.275 e. The van der Waals surface area contributed by atoms with Crippen molar-refractivity contribution >= 4 is 17.6 Å². The average molecular weight is 316 g/mol. The zero-order chi connectivity index (χ0) is 15.4. The largest absolute Gasteiger partial charge is 0.336 e. The summed E-state index contributed by atoms with van der Waals surface area (Å²) < 4.78 is 7.95. The summed E-state index contributed by atoms with van der Waals surface area (Å²) in [6.45, 7) is 6.51. The number of hydrogen-bond donors (Lipinski definition) is 0. The third-order valence-corrected chi connectivity index (χ3v) is 4.46. The fraction of sp³-hybridized carbons (Fsp3) is 0.438. The number of nitrogens with zero attached hydrogens (tertiary/aromatic N) is 4. The van der Waals surface area contributed by atoms with Gasteiger partial charge in [0, 0.05) is 32.7 Å². The zero-order valence-electron chi connectivity index (χ0n) is 12.7. The van der Waals surface area contributed by atoms with Crippen molar-refractivity contribution in [2.75, 3.05) is 26.2 Å². The summed E-state index contributed by atoms with van der Waals surface area (Å²) in [4.78, 5) is 16.6. The molecule has 1 aromatic heterocycles. The van der Waals surface area contributed by atoms with Gasteiger partial charge < -0.3 is 4.90 Å². The summed E-state index contributed by atoms with van der Waals surface area (Å²) in [5, 5.41) is 0. The molecule has 116 valence electrons. The van der Waals surface area contributed by atoms with E-state index in [1.165, 1.54) is 11.1 Å². The van der Waals surface area contributed by atoms with Gasteiger partial charge in [-0.15, -0.1) is 0 Å². The second kappa shape index (κ2) is 6.98. The third-order valence-electron chi connectivity index (χ3n) is 3.98. The van der Waals surface area contributed by atoms with Crippen molar-refractivity contribution in [1.82, 2.24) is 18.5 Å². The molecule has 5 nitrogen and oxygen atoms in total. The lowest BCUT2D eigenvalue weighted by Crippen LogP contribution is -2.35. The molecule has 1 amide bonds. The molecular formula is C16H20N4OS. The molecule has 3 rings (SSSR count). The Balaban J connectivity index is 1.58. The van der Waals surface area contributed by atoms with Crippen molar-refractivity contribution in [1.29, 1.82) is 0 Å². The van der Waals surface area contributed by atoms with Gasteiger partial charge in [-0.1, -0.05) is 29.8 Å². The van der Waals surface area contributed by atoms with Gasteiger partial charge in [0.1, 0.15) is 0 Å². The van der Waals surface area contributed by atoms with Crippen LogP contribution >= 0.6 is 11.7 Å². The molecule has 0 N–H and O–H groups in total. The molecule has 0 radical (unpaired) electrons. The molecule has 1 aliphatic rings. The van der Waals surface area contributed by atoms with Crippen LogP contribution in [0.3, 0.4) is 0 Å². The number of aryl methyl sites for hydroxylation is 1. The Kier molecular flexibility index (Phi) is 4.80. The van der Waals surface area contributed by atoms with Crippen LogP contribution in [-0.2, 0) is 6.54 Å². The maximum Gasteiger partial charge on any atom is 0.275 e.